The molecule has 0 N–H and O–H groups in total. The van der Waals surface area contributed by atoms with Gasteiger partial charge in [0.1, 0.15) is 12.8 Å². The predicted molar refractivity (Wildman–Crippen MR) is 72.8 cm³/mol. The molecule has 18 heavy (non-hydrogen) atoms. The summed E-state index contributed by atoms with van der Waals surface area (Å²) in [5.41, 5.74) is 0.0454. The van der Waals surface area contributed by atoms with Gasteiger partial charge in [0.15, 0.2) is 5.71 Å². The Labute approximate surface area is 123 Å². The number of halogens is 3. The third-order valence-corrected chi connectivity index (χ3v) is 3.05. The fourth-order valence-corrected chi connectivity index (χ4v) is 1.91. The lowest BCUT2D eigenvalue weighted by atomic mass is 10.3. The van der Waals surface area contributed by atoms with Crippen LogP contribution in [-0.2, 0) is 14.4 Å². The highest BCUT2D eigenvalue weighted by atomic mass is 35.5. The molecule has 0 unspecified atom stereocenters. The van der Waals surface area contributed by atoms with Crippen molar-refractivity contribution in [3.8, 4) is 0 Å². The molecule has 0 aromatic carbocycles. The second-order valence-electron chi connectivity index (χ2n) is 2.71. The number of nitrogens with zero attached hydrogens (tertiary/aromatic N) is 3. The molecular formula is C8H8Cl3N3O3S. The molecule has 0 atom stereocenters. The summed E-state index contributed by atoms with van der Waals surface area (Å²) >= 11 is 12.0. The molecule has 0 spiro atoms. The van der Waals surface area contributed by atoms with Crippen molar-refractivity contribution in [1.82, 2.24) is 4.98 Å². The standard InChI is InChI=1S/C8H7Cl2N3O3S.ClH/c1-4(14)13(10)8-11-5(3-17-8)6(7(9)15)12-16-2;/h3H,1-2H3;1H/b12-6-;. The van der Waals surface area contributed by atoms with E-state index in [1.807, 2.05) is 0 Å². The summed E-state index contributed by atoms with van der Waals surface area (Å²) in [6.45, 7) is 1.28. The molecule has 100 valence electrons. The molecule has 0 saturated carbocycles. The van der Waals surface area contributed by atoms with Crippen molar-refractivity contribution in [3.05, 3.63) is 11.1 Å². The normalized spacial score (nSPS) is 10.6. The van der Waals surface area contributed by atoms with Crippen molar-refractivity contribution in [2.75, 3.05) is 11.5 Å². The van der Waals surface area contributed by atoms with Crippen LogP contribution in [0.1, 0.15) is 12.6 Å². The zero-order valence-electron chi connectivity index (χ0n) is 9.22. The fourth-order valence-electron chi connectivity index (χ4n) is 0.873. The van der Waals surface area contributed by atoms with Crippen molar-refractivity contribution in [3.63, 3.8) is 0 Å². The average Bonchev–Trinajstić information content (AvgIpc) is 2.73. The van der Waals surface area contributed by atoms with Crippen molar-refractivity contribution < 1.29 is 14.4 Å². The van der Waals surface area contributed by atoms with E-state index in [0.29, 0.717) is 0 Å². The first-order chi connectivity index (χ1) is 7.97. The van der Waals surface area contributed by atoms with E-state index in [-0.39, 0.29) is 28.9 Å². The Balaban J connectivity index is 0.00000289. The maximum Gasteiger partial charge on any atom is 0.276 e. The van der Waals surface area contributed by atoms with Crippen molar-refractivity contribution in [2.45, 2.75) is 6.92 Å². The van der Waals surface area contributed by atoms with Gasteiger partial charge in [-0.3, -0.25) is 9.59 Å². The summed E-state index contributed by atoms with van der Waals surface area (Å²) in [6, 6.07) is 0. The molecule has 10 heteroatoms. The Kier molecular flexibility index (Phi) is 7.15. The minimum Gasteiger partial charge on any atom is -0.398 e. The highest BCUT2D eigenvalue weighted by Crippen LogP contribution is 2.23. The monoisotopic (exact) mass is 331 g/mol. The molecule has 0 aliphatic rings. The second-order valence-corrected chi connectivity index (χ2v) is 4.23. The number of aromatic nitrogens is 1. The Morgan fingerprint density at radius 3 is 2.61 bits per heavy atom. The second kappa shape index (κ2) is 7.52. The van der Waals surface area contributed by atoms with E-state index in [2.05, 4.69) is 15.0 Å². The predicted octanol–water partition coefficient (Wildman–Crippen LogP) is 2.19. The van der Waals surface area contributed by atoms with Crippen LogP contribution in [0.15, 0.2) is 10.5 Å². The van der Waals surface area contributed by atoms with Crippen LogP contribution in [0.2, 0.25) is 0 Å². The lowest BCUT2D eigenvalue weighted by Crippen LogP contribution is -2.17. The summed E-state index contributed by atoms with van der Waals surface area (Å²) in [6.07, 6.45) is 0. The number of carbonyl (C=O) groups is 2. The first-order valence-electron chi connectivity index (χ1n) is 4.20. The van der Waals surface area contributed by atoms with E-state index in [9.17, 15) is 9.59 Å². The van der Waals surface area contributed by atoms with Gasteiger partial charge in [0, 0.05) is 24.1 Å². The molecule has 1 rings (SSSR count). The van der Waals surface area contributed by atoms with E-state index >= 15 is 0 Å². The van der Waals surface area contributed by atoms with Gasteiger partial charge in [0.05, 0.1) is 0 Å². The molecule has 0 aliphatic heterocycles. The summed E-state index contributed by atoms with van der Waals surface area (Å²) in [4.78, 5) is 30.5. The van der Waals surface area contributed by atoms with Crippen LogP contribution >= 0.6 is 47.1 Å². The van der Waals surface area contributed by atoms with Crippen LogP contribution in [0, 0.1) is 0 Å². The van der Waals surface area contributed by atoms with E-state index in [1.165, 1.54) is 19.4 Å². The van der Waals surface area contributed by atoms with Crippen molar-refractivity contribution >= 4 is 69.1 Å². The summed E-state index contributed by atoms with van der Waals surface area (Å²) in [5.74, 6) is -0.394. The largest absolute Gasteiger partial charge is 0.398 e. The van der Waals surface area contributed by atoms with Crippen LogP contribution in [0.3, 0.4) is 0 Å². The summed E-state index contributed by atoms with van der Waals surface area (Å²) in [5, 5.41) is 4.34. The van der Waals surface area contributed by atoms with Crippen LogP contribution in [0.25, 0.3) is 0 Å². The Bertz CT molecular complexity index is 477. The molecule has 1 aromatic rings. The molecule has 1 amide bonds. The van der Waals surface area contributed by atoms with Gasteiger partial charge >= 0.3 is 0 Å². The van der Waals surface area contributed by atoms with E-state index < -0.39 is 11.1 Å². The van der Waals surface area contributed by atoms with Crippen LogP contribution in [-0.4, -0.2) is 29.0 Å². The summed E-state index contributed by atoms with van der Waals surface area (Å²) < 4.78 is 0.831. The highest BCUT2D eigenvalue weighted by molar-refractivity contribution is 7.14. The van der Waals surface area contributed by atoms with E-state index in [1.54, 1.807) is 0 Å². The quantitative estimate of drug-likeness (QED) is 0.367. The fraction of sp³-hybridized carbons (Fsp3) is 0.250. The topological polar surface area (TPSA) is 71.9 Å². The first kappa shape index (κ1) is 17.1. The minimum absolute atomic E-state index is 0. The maximum atomic E-state index is 11.1. The number of rotatable bonds is 4. The van der Waals surface area contributed by atoms with Gasteiger partial charge in [-0.05, 0) is 11.6 Å². The highest BCUT2D eigenvalue weighted by Gasteiger charge is 2.19. The lowest BCUT2D eigenvalue weighted by molar-refractivity contribution is -0.115. The van der Waals surface area contributed by atoms with Gasteiger partial charge in [0.2, 0.25) is 11.0 Å². The first-order valence-corrected chi connectivity index (χ1v) is 5.80. The van der Waals surface area contributed by atoms with Gasteiger partial charge in [-0.25, -0.2) is 4.98 Å². The Morgan fingerprint density at radius 1 is 1.56 bits per heavy atom. The van der Waals surface area contributed by atoms with Gasteiger partial charge in [0.25, 0.3) is 5.24 Å². The van der Waals surface area contributed by atoms with Gasteiger partial charge in [-0.15, -0.1) is 23.7 Å². The number of anilines is 1. The number of amides is 1. The van der Waals surface area contributed by atoms with Crippen molar-refractivity contribution in [1.29, 1.82) is 0 Å². The molecule has 0 fully saturated rings. The van der Waals surface area contributed by atoms with Crippen molar-refractivity contribution in [2.24, 2.45) is 5.16 Å². The maximum absolute atomic E-state index is 11.1. The lowest BCUT2D eigenvalue weighted by Gasteiger charge is -2.05. The number of thiazole rings is 1. The third-order valence-electron chi connectivity index (χ3n) is 1.55. The van der Waals surface area contributed by atoms with Gasteiger partial charge < -0.3 is 4.84 Å². The SMILES string of the molecule is CO/N=C(\C(=O)Cl)c1csc(N(Cl)C(C)=O)n1.Cl. The van der Waals surface area contributed by atoms with Crippen LogP contribution in [0.5, 0.6) is 0 Å². The van der Waals surface area contributed by atoms with Gasteiger partial charge in [-0.2, -0.15) is 4.42 Å². The number of hydrogen-bond donors (Lipinski definition) is 0. The van der Waals surface area contributed by atoms with E-state index in [4.69, 9.17) is 23.4 Å². The van der Waals surface area contributed by atoms with Gasteiger partial charge in [-0.1, -0.05) is 5.16 Å². The zero-order valence-corrected chi connectivity index (χ0v) is 12.4. The van der Waals surface area contributed by atoms with Crippen LogP contribution < -0.4 is 4.42 Å². The molecule has 1 heterocycles. The number of hydrogen-bond acceptors (Lipinski definition) is 6. The van der Waals surface area contributed by atoms with Crippen LogP contribution in [0.4, 0.5) is 5.13 Å². The molecule has 0 bridgehead atoms. The number of oxime groups is 1. The number of carbonyl (C=O) groups excluding carboxylic acids is 2. The molecular weight excluding hydrogens is 325 g/mol. The minimum atomic E-state index is -0.812. The Morgan fingerprint density at radius 2 is 2.17 bits per heavy atom. The zero-order chi connectivity index (χ0) is 13.0. The third kappa shape index (κ3) is 4.09. The smallest absolute Gasteiger partial charge is 0.276 e. The molecule has 1 aromatic heterocycles. The van der Waals surface area contributed by atoms with E-state index in [0.717, 1.165) is 15.8 Å². The molecule has 0 aliphatic carbocycles. The Hall–Kier alpha value is -0.890. The molecule has 0 saturated heterocycles. The summed E-state index contributed by atoms with van der Waals surface area (Å²) in [7, 11) is 1.27. The molecule has 6 nitrogen and oxygen atoms in total. The average molecular weight is 333 g/mol. The molecule has 0 radical (unpaired) electrons.